The van der Waals surface area contributed by atoms with Crippen molar-refractivity contribution in [3.05, 3.63) is 138 Å². The average Bonchev–Trinajstić information content (AvgIpc) is 2.88. The Morgan fingerprint density at radius 2 is 1.21 bits per heavy atom. The number of Topliss-reactive ketones (excluding diaryl/α,β-unsaturated/α-hetero) is 1. The van der Waals surface area contributed by atoms with Gasteiger partial charge in [-0.1, -0.05) is 103 Å². The number of benzene rings is 4. The summed E-state index contributed by atoms with van der Waals surface area (Å²) in [5.41, 5.74) is 4.14. The van der Waals surface area contributed by atoms with Crippen LogP contribution in [0.3, 0.4) is 0 Å². The first-order chi connectivity index (χ1) is 16.2. The highest BCUT2D eigenvalue weighted by molar-refractivity contribution is 6.00. The zero-order chi connectivity index (χ0) is 22.9. The van der Waals surface area contributed by atoms with E-state index >= 15 is 0 Å². The van der Waals surface area contributed by atoms with Crippen molar-refractivity contribution in [3.8, 4) is 5.75 Å². The third-order valence-corrected chi connectivity index (χ3v) is 5.75. The molecule has 33 heavy (non-hydrogen) atoms. The lowest BCUT2D eigenvalue weighted by atomic mass is 10.0. The maximum atomic E-state index is 13.5. The predicted octanol–water partition coefficient (Wildman–Crippen LogP) is 6.54. The van der Waals surface area contributed by atoms with Crippen LogP contribution in [-0.4, -0.2) is 16.7 Å². The highest BCUT2D eigenvalue weighted by Crippen LogP contribution is 2.20. The Labute approximate surface area is 196 Å². The third-order valence-electron chi connectivity index (χ3n) is 5.75. The van der Waals surface area contributed by atoms with Crippen molar-refractivity contribution >= 4 is 5.78 Å². The Bertz CT molecular complexity index is 1100. The maximum Gasteiger partial charge on any atom is 0.179 e. The third kappa shape index (κ3) is 6.41. The molecule has 0 amide bonds. The number of hydrogen-bond donors (Lipinski definition) is 0. The van der Waals surface area contributed by atoms with Crippen LogP contribution in [0.5, 0.6) is 5.75 Å². The Morgan fingerprint density at radius 3 is 1.76 bits per heavy atom. The fourth-order valence-corrected chi connectivity index (χ4v) is 3.85. The van der Waals surface area contributed by atoms with Crippen molar-refractivity contribution in [1.82, 2.24) is 4.90 Å². The van der Waals surface area contributed by atoms with E-state index in [-0.39, 0.29) is 11.8 Å². The fraction of sp³-hybridized carbons (Fsp3) is 0.167. The Balaban J connectivity index is 1.50. The molecule has 0 saturated carbocycles. The van der Waals surface area contributed by atoms with Crippen LogP contribution in [0.25, 0.3) is 0 Å². The van der Waals surface area contributed by atoms with Crippen molar-refractivity contribution < 1.29 is 9.53 Å². The van der Waals surface area contributed by atoms with Crippen LogP contribution in [0, 0.1) is 0 Å². The van der Waals surface area contributed by atoms with Crippen LogP contribution in [0.15, 0.2) is 115 Å². The first kappa shape index (κ1) is 22.5. The van der Waals surface area contributed by atoms with Gasteiger partial charge in [0, 0.05) is 18.7 Å². The molecule has 3 nitrogen and oxygen atoms in total. The normalized spacial score (nSPS) is 11.8. The topological polar surface area (TPSA) is 29.5 Å². The molecule has 0 aliphatic carbocycles. The highest BCUT2D eigenvalue weighted by Gasteiger charge is 2.23. The summed E-state index contributed by atoms with van der Waals surface area (Å²) in [5.74, 6) is 0.793. The van der Waals surface area contributed by atoms with Crippen molar-refractivity contribution in [3.63, 3.8) is 0 Å². The number of nitrogens with zero attached hydrogens (tertiary/aromatic N) is 1. The van der Waals surface area contributed by atoms with Gasteiger partial charge in [-0.3, -0.25) is 9.69 Å². The quantitative estimate of drug-likeness (QED) is 0.265. The van der Waals surface area contributed by atoms with Gasteiger partial charge < -0.3 is 4.74 Å². The summed E-state index contributed by atoms with van der Waals surface area (Å²) < 4.78 is 5.95. The Morgan fingerprint density at radius 1 is 0.697 bits per heavy atom. The maximum absolute atomic E-state index is 13.5. The monoisotopic (exact) mass is 435 g/mol. The molecule has 0 heterocycles. The second-order valence-electron chi connectivity index (χ2n) is 8.22. The lowest BCUT2D eigenvalue weighted by molar-refractivity contribution is 0.0816. The van der Waals surface area contributed by atoms with E-state index in [2.05, 4.69) is 29.2 Å². The van der Waals surface area contributed by atoms with Gasteiger partial charge in [-0.05, 0) is 35.7 Å². The Hall–Kier alpha value is -3.69. The number of hydrogen-bond acceptors (Lipinski definition) is 3. The van der Waals surface area contributed by atoms with Crippen LogP contribution in [0.2, 0.25) is 0 Å². The van der Waals surface area contributed by atoms with Crippen LogP contribution >= 0.6 is 0 Å². The van der Waals surface area contributed by atoms with Crippen molar-refractivity contribution in [2.75, 3.05) is 0 Å². The summed E-state index contributed by atoms with van der Waals surface area (Å²) in [6, 6.07) is 37.9. The molecular weight excluding hydrogens is 406 g/mol. The minimum absolute atomic E-state index is 0.0898. The highest BCUT2D eigenvalue weighted by atomic mass is 16.5. The number of carbonyl (C=O) groups excluding carboxylic acids is 1. The van der Waals surface area contributed by atoms with Crippen LogP contribution in [-0.2, 0) is 19.7 Å². The molecular formula is C30H29NO2. The first-order valence-electron chi connectivity index (χ1n) is 11.3. The van der Waals surface area contributed by atoms with Gasteiger partial charge in [0.2, 0.25) is 0 Å². The zero-order valence-corrected chi connectivity index (χ0v) is 18.9. The summed E-state index contributed by atoms with van der Waals surface area (Å²) in [6.45, 7) is 3.87. The van der Waals surface area contributed by atoms with E-state index in [1.54, 1.807) is 0 Å². The molecule has 4 rings (SSSR count). The second kappa shape index (κ2) is 11.3. The van der Waals surface area contributed by atoms with E-state index in [0.29, 0.717) is 31.0 Å². The van der Waals surface area contributed by atoms with E-state index in [0.717, 1.165) is 5.56 Å². The Kier molecular flexibility index (Phi) is 7.68. The second-order valence-corrected chi connectivity index (χ2v) is 8.22. The summed E-state index contributed by atoms with van der Waals surface area (Å²) in [5, 5.41) is 0. The molecule has 1 atom stereocenters. The van der Waals surface area contributed by atoms with Gasteiger partial charge in [-0.15, -0.1) is 0 Å². The zero-order valence-electron chi connectivity index (χ0n) is 18.9. The molecule has 3 heteroatoms. The van der Waals surface area contributed by atoms with E-state index in [1.165, 1.54) is 11.1 Å². The number of rotatable bonds is 10. The van der Waals surface area contributed by atoms with Crippen LogP contribution in [0.4, 0.5) is 0 Å². The first-order valence-corrected chi connectivity index (χ1v) is 11.3. The fourth-order valence-electron chi connectivity index (χ4n) is 3.85. The molecule has 0 N–H and O–H groups in total. The molecule has 0 saturated heterocycles. The van der Waals surface area contributed by atoms with Crippen molar-refractivity contribution in [1.29, 1.82) is 0 Å². The molecule has 0 aromatic heterocycles. The molecule has 4 aromatic rings. The number of ketones is 1. The SMILES string of the molecule is CC(C(=O)c1cccc(OCc2ccccc2)c1)N(Cc1ccccc1)Cc1ccccc1. The van der Waals surface area contributed by atoms with Crippen LogP contribution in [0.1, 0.15) is 34.0 Å². The molecule has 0 aliphatic heterocycles. The number of ether oxygens (including phenoxy) is 1. The van der Waals surface area contributed by atoms with Gasteiger partial charge in [0.15, 0.2) is 5.78 Å². The van der Waals surface area contributed by atoms with Gasteiger partial charge in [-0.25, -0.2) is 0 Å². The van der Waals surface area contributed by atoms with Crippen molar-refractivity contribution in [2.45, 2.75) is 32.7 Å². The minimum atomic E-state index is -0.283. The summed E-state index contributed by atoms with van der Waals surface area (Å²) in [4.78, 5) is 15.7. The predicted molar refractivity (Wildman–Crippen MR) is 133 cm³/mol. The molecule has 4 aromatic carbocycles. The summed E-state index contributed by atoms with van der Waals surface area (Å²) in [7, 11) is 0. The lowest BCUT2D eigenvalue weighted by Crippen LogP contribution is -2.38. The summed E-state index contributed by atoms with van der Waals surface area (Å²) >= 11 is 0. The average molecular weight is 436 g/mol. The van der Waals surface area contributed by atoms with E-state index in [1.807, 2.05) is 97.9 Å². The molecule has 0 spiro atoms. The van der Waals surface area contributed by atoms with Gasteiger partial charge >= 0.3 is 0 Å². The van der Waals surface area contributed by atoms with Crippen molar-refractivity contribution in [2.24, 2.45) is 0 Å². The molecule has 0 aliphatic rings. The minimum Gasteiger partial charge on any atom is -0.489 e. The standard InChI is InChI=1S/C30H29NO2/c1-24(31(21-25-12-5-2-6-13-25)22-26-14-7-3-8-15-26)30(32)28-18-11-19-29(20-28)33-23-27-16-9-4-10-17-27/h2-20,24H,21-23H2,1H3. The van der Waals surface area contributed by atoms with E-state index < -0.39 is 0 Å². The molecule has 166 valence electrons. The van der Waals surface area contributed by atoms with Gasteiger partial charge in [0.25, 0.3) is 0 Å². The van der Waals surface area contributed by atoms with Gasteiger partial charge in [0.1, 0.15) is 12.4 Å². The molecule has 1 unspecified atom stereocenters. The van der Waals surface area contributed by atoms with Gasteiger partial charge in [0.05, 0.1) is 6.04 Å². The largest absolute Gasteiger partial charge is 0.489 e. The van der Waals surface area contributed by atoms with E-state index in [9.17, 15) is 4.79 Å². The smallest absolute Gasteiger partial charge is 0.179 e. The number of carbonyl (C=O) groups is 1. The summed E-state index contributed by atoms with van der Waals surface area (Å²) in [6.07, 6.45) is 0. The van der Waals surface area contributed by atoms with Crippen LogP contribution < -0.4 is 4.74 Å². The lowest BCUT2D eigenvalue weighted by Gasteiger charge is -2.28. The molecule has 0 bridgehead atoms. The van der Waals surface area contributed by atoms with Gasteiger partial charge in [-0.2, -0.15) is 0 Å². The molecule has 0 radical (unpaired) electrons. The van der Waals surface area contributed by atoms with E-state index in [4.69, 9.17) is 4.74 Å². The molecule has 0 fully saturated rings.